The Bertz CT molecular complexity index is 895. The van der Waals surface area contributed by atoms with Gasteiger partial charge in [0.2, 0.25) is 0 Å². The van der Waals surface area contributed by atoms with Gasteiger partial charge in [-0.05, 0) is 0 Å². The second-order valence-corrected chi connectivity index (χ2v) is 4.04. The van der Waals surface area contributed by atoms with E-state index < -0.39 is 0 Å². The van der Waals surface area contributed by atoms with E-state index in [4.69, 9.17) is 5.73 Å². The van der Waals surface area contributed by atoms with Crippen LogP contribution in [0.4, 0.5) is 5.69 Å². The molecule has 4 aromatic heterocycles. The second-order valence-electron chi connectivity index (χ2n) is 4.04. The summed E-state index contributed by atoms with van der Waals surface area (Å²) in [5, 5.41) is 1.78. The number of nitrogens with two attached hydrogens (primary N) is 1. The average Bonchev–Trinajstić information content (AvgIpc) is 2.77. The fraction of sp³-hybridized carbons (Fsp3) is 0. The summed E-state index contributed by atoms with van der Waals surface area (Å²) in [4.78, 5) is 17.1. The van der Waals surface area contributed by atoms with E-state index in [1.165, 1.54) is 0 Å². The van der Waals surface area contributed by atoms with Crippen molar-refractivity contribution in [1.29, 1.82) is 0 Å². The minimum atomic E-state index is 0.608. The van der Waals surface area contributed by atoms with E-state index in [-0.39, 0.29) is 0 Å². The minimum absolute atomic E-state index is 0.608. The summed E-state index contributed by atoms with van der Waals surface area (Å²) < 4.78 is 1.89. The van der Waals surface area contributed by atoms with Crippen LogP contribution in [0.5, 0.6) is 0 Å². The van der Waals surface area contributed by atoms with Crippen LogP contribution in [0.3, 0.4) is 0 Å². The molecule has 0 spiro atoms. The Balaban J connectivity index is 2.35. The molecule has 0 radical (unpaired) electrons. The van der Waals surface area contributed by atoms with Crippen molar-refractivity contribution in [3.8, 4) is 0 Å². The zero-order valence-corrected chi connectivity index (χ0v) is 9.28. The van der Waals surface area contributed by atoms with Crippen LogP contribution < -0.4 is 5.73 Å². The van der Waals surface area contributed by atoms with Gasteiger partial charge in [0.25, 0.3) is 0 Å². The van der Waals surface area contributed by atoms with E-state index in [9.17, 15) is 0 Å². The molecule has 0 aliphatic heterocycles. The molecule has 4 aromatic rings. The number of hydrogen-bond donors (Lipinski definition) is 1. The summed E-state index contributed by atoms with van der Waals surface area (Å²) in [5.74, 6) is 0. The topological polar surface area (TPSA) is 82.0 Å². The number of rotatable bonds is 0. The fourth-order valence-electron chi connectivity index (χ4n) is 2.18. The molecule has 0 saturated carbocycles. The molecule has 0 unspecified atom stereocenters. The van der Waals surface area contributed by atoms with Crippen molar-refractivity contribution in [2.75, 3.05) is 5.73 Å². The van der Waals surface area contributed by atoms with Crippen molar-refractivity contribution in [2.24, 2.45) is 0 Å². The highest BCUT2D eigenvalue weighted by Crippen LogP contribution is 2.27. The number of pyridine rings is 2. The van der Waals surface area contributed by atoms with Crippen molar-refractivity contribution in [3.05, 3.63) is 37.2 Å². The Hall–Kier alpha value is -2.76. The first-order valence-corrected chi connectivity index (χ1v) is 5.44. The number of fused-ring (bicyclic) bond motifs is 5. The van der Waals surface area contributed by atoms with Crippen molar-refractivity contribution in [3.63, 3.8) is 0 Å². The van der Waals surface area contributed by atoms with E-state index >= 15 is 0 Å². The summed E-state index contributed by atoms with van der Waals surface area (Å²) >= 11 is 0. The number of aromatic nitrogens is 5. The molecule has 0 aliphatic carbocycles. The zero-order chi connectivity index (χ0) is 12.1. The van der Waals surface area contributed by atoms with Crippen molar-refractivity contribution >= 4 is 33.3 Å². The average molecular weight is 236 g/mol. The van der Waals surface area contributed by atoms with E-state index in [0.717, 1.165) is 27.6 Å². The molecular formula is C12H8N6. The van der Waals surface area contributed by atoms with Crippen molar-refractivity contribution < 1.29 is 0 Å². The van der Waals surface area contributed by atoms with Gasteiger partial charge < -0.3 is 5.73 Å². The molecule has 4 heterocycles. The van der Waals surface area contributed by atoms with Gasteiger partial charge >= 0.3 is 0 Å². The predicted octanol–water partition coefficient (Wildman–Crippen LogP) is 1.41. The number of nitrogens with zero attached hydrogens (tertiary/aromatic N) is 5. The maximum Gasteiger partial charge on any atom is 0.165 e. The van der Waals surface area contributed by atoms with E-state index in [0.29, 0.717) is 5.69 Å². The SMILES string of the molecule is Nc1cncc2cnc3c(nc4cnccn43)c12. The van der Waals surface area contributed by atoms with Gasteiger partial charge in [-0.3, -0.25) is 14.4 Å². The van der Waals surface area contributed by atoms with Gasteiger partial charge in [0.15, 0.2) is 11.3 Å². The molecule has 0 fully saturated rings. The lowest BCUT2D eigenvalue weighted by Gasteiger charge is -2.00. The first-order chi connectivity index (χ1) is 8.84. The predicted molar refractivity (Wildman–Crippen MR) is 68.0 cm³/mol. The summed E-state index contributed by atoms with van der Waals surface area (Å²) in [6.07, 6.45) is 10.4. The molecule has 0 bridgehead atoms. The van der Waals surface area contributed by atoms with E-state index in [2.05, 4.69) is 19.9 Å². The van der Waals surface area contributed by atoms with Crippen LogP contribution in [0.15, 0.2) is 37.2 Å². The second kappa shape index (κ2) is 3.13. The smallest absolute Gasteiger partial charge is 0.165 e. The lowest BCUT2D eigenvalue weighted by Crippen LogP contribution is -1.91. The maximum atomic E-state index is 5.99. The highest BCUT2D eigenvalue weighted by Gasteiger charge is 2.11. The maximum absolute atomic E-state index is 5.99. The largest absolute Gasteiger partial charge is 0.397 e. The standard InChI is InChI=1S/C12H8N6/c13-8-5-15-3-7-4-16-12-11(10(7)8)17-9-6-14-1-2-18(9)12/h1-6H,13H2. The monoisotopic (exact) mass is 236 g/mol. The molecule has 2 N–H and O–H groups in total. The quantitative estimate of drug-likeness (QED) is 0.499. The third-order valence-corrected chi connectivity index (χ3v) is 2.97. The van der Waals surface area contributed by atoms with Crippen LogP contribution in [0.1, 0.15) is 0 Å². The molecule has 0 saturated heterocycles. The molecule has 4 rings (SSSR count). The molecule has 0 atom stereocenters. The van der Waals surface area contributed by atoms with Gasteiger partial charge in [-0.1, -0.05) is 0 Å². The molecular weight excluding hydrogens is 228 g/mol. The Morgan fingerprint density at radius 3 is 2.94 bits per heavy atom. The van der Waals surface area contributed by atoms with Gasteiger partial charge in [-0.2, -0.15) is 0 Å². The lowest BCUT2D eigenvalue weighted by atomic mass is 10.2. The minimum Gasteiger partial charge on any atom is -0.397 e. The van der Waals surface area contributed by atoms with Gasteiger partial charge in [0, 0.05) is 35.6 Å². The van der Waals surface area contributed by atoms with Gasteiger partial charge in [-0.15, -0.1) is 0 Å². The van der Waals surface area contributed by atoms with Crippen LogP contribution in [0.2, 0.25) is 0 Å². The van der Waals surface area contributed by atoms with E-state index in [1.807, 2.05) is 10.6 Å². The van der Waals surface area contributed by atoms with Crippen molar-refractivity contribution in [1.82, 2.24) is 24.3 Å². The third-order valence-electron chi connectivity index (χ3n) is 2.97. The Labute approximate surface area is 101 Å². The van der Waals surface area contributed by atoms with Crippen molar-refractivity contribution in [2.45, 2.75) is 0 Å². The lowest BCUT2D eigenvalue weighted by molar-refractivity contribution is 1.13. The first-order valence-electron chi connectivity index (χ1n) is 5.44. The summed E-state index contributed by atoms with van der Waals surface area (Å²) in [7, 11) is 0. The molecule has 0 amide bonds. The molecule has 6 heteroatoms. The van der Waals surface area contributed by atoms with Crippen LogP contribution in [-0.4, -0.2) is 24.3 Å². The molecule has 18 heavy (non-hydrogen) atoms. The van der Waals surface area contributed by atoms with Crippen LogP contribution in [-0.2, 0) is 0 Å². The summed E-state index contributed by atoms with van der Waals surface area (Å²) in [6, 6.07) is 0. The van der Waals surface area contributed by atoms with Gasteiger partial charge in [0.05, 0.1) is 18.1 Å². The molecule has 86 valence electrons. The number of anilines is 1. The number of hydrogen-bond acceptors (Lipinski definition) is 5. The number of nitrogen functional groups attached to an aromatic ring is 1. The zero-order valence-electron chi connectivity index (χ0n) is 9.28. The Morgan fingerprint density at radius 2 is 2.00 bits per heavy atom. The summed E-state index contributed by atoms with van der Waals surface area (Å²) in [5.41, 5.74) is 8.90. The van der Waals surface area contributed by atoms with Crippen LogP contribution in [0.25, 0.3) is 27.6 Å². The van der Waals surface area contributed by atoms with Crippen LogP contribution >= 0.6 is 0 Å². The highest BCUT2D eigenvalue weighted by molar-refractivity contribution is 6.09. The van der Waals surface area contributed by atoms with Gasteiger partial charge in [-0.25, -0.2) is 9.97 Å². The van der Waals surface area contributed by atoms with E-state index in [1.54, 1.807) is 31.0 Å². The van der Waals surface area contributed by atoms with Crippen LogP contribution in [0, 0.1) is 0 Å². The summed E-state index contributed by atoms with van der Waals surface area (Å²) in [6.45, 7) is 0. The number of imidazole rings is 1. The molecule has 0 aliphatic rings. The molecule has 0 aromatic carbocycles. The Morgan fingerprint density at radius 1 is 1.06 bits per heavy atom. The normalized spacial score (nSPS) is 11.6. The molecule has 6 nitrogen and oxygen atoms in total. The van der Waals surface area contributed by atoms with Gasteiger partial charge in [0.1, 0.15) is 5.52 Å². The highest BCUT2D eigenvalue weighted by atomic mass is 15.1. The Kier molecular flexibility index (Phi) is 1.62. The fourth-order valence-corrected chi connectivity index (χ4v) is 2.18. The first kappa shape index (κ1) is 9.29. The third kappa shape index (κ3) is 1.06.